The molecule has 2 rings (SSSR count). The third kappa shape index (κ3) is 3.30. The summed E-state index contributed by atoms with van der Waals surface area (Å²) in [6, 6.07) is 2.04. The summed E-state index contributed by atoms with van der Waals surface area (Å²) in [5.74, 6) is 0.316. The third-order valence-electron chi connectivity index (χ3n) is 4.69. The molecule has 5 nitrogen and oxygen atoms in total. The Morgan fingerprint density at radius 1 is 1.24 bits per heavy atom. The van der Waals surface area contributed by atoms with Gasteiger partial charge in [0.25, 0.3) is 0 Å². The minimum absolute atomic E-state index is 0.0889. The van der Waals surface area contributed by atoms with E-state index in [2.05, 4.69) is 32.9 Å². The van der Waals surface area contributed by atoms with Crippen molar-refractivity contribution in [2.75, 3.05) is 19.8 Å². The number of hydrogen-bond acceptors (Lipinski definition) is 5. The van der Waals surface area contributed by atoms with Crippen LogP contribution in [-0.2, 0) is 21.3 Å². The van der Waals surface area contributed by atoms with Crippen LogP contribution in [0.2, 0.25) is 0 Å². The number of hydrogen-bond donors (Lipinski definition) is 1. The smallest absolute Gasteiger partial charge is 0.171 e. The molecule has 1 aliphatic rings. The van der Waals surface area contributed by atoms with E-state index in [-0.39, 0.29) is 10.8 Å². The molecule has 0 radical (unpaired) electrons. The SMILES string of the molecule is CC(C)(CCN)c1cc(CC(C)(C)C2(C)OCCO2)no1. The monoisotopic (exact) mass is 296 g/mol. The van der Waals surface area contributed by atoms with E-state index in [0.29, 0.717) is 19.8 Å². The van der Waals surface area contributed by atoms with E-state index in [1.807, 2.05) is 13.0 Å². The summed E-state index contributed by atoms with van der Waals surface area (Å²) in [7, 11) is 0. The highest BCUT2D eigenvalue weighted by atomic mass is 16.7. The summed E-state index contributed by atoms with van der Waals surface area (Å²) in [6.07, 6.45) is 1.61. The van der Waals surface area contributed by atoms with Crippen molar-refractivity contribution in [1.29, 1.82) is 0 Å². The van der Waals surface area contributed by atoms with Gasteiger partial charge >= 0.3 is 0 Å². The minimum atomic E-state index is -0.571. The number of rotatable bonds is 6. The normalized spacial score (nSPS) is 19.1. The Hall–Kier alpha value is -0.910. The van der Waals surface area contributed by atoms with Gasteiger partial charge in [-0.05, 0) is 19.9 Å². The number of aromatic nitrogens is 1. The van der Waals surface area contributed by atoms with Gasteiger partial charge in [-0.3, -0.25) is 0 Å². The van der Waals surface area contributed by atoms with Gasteiger partial charge in [-0.25, -0.2) is 0 Å². The van der Waals surface area contributed by atoms with Crippen LogP contribution in [0.1, 0.15) is 52.5 Å². The van der Waals surface area contributed by atoms with Gasteiger partial charge < -0.3 is 19.7 Å². The molecule has 0 aliphatic carbocycles. The van der Waals surface area contributed by atoms with Crippen LogP contribution in [0, 0.1) is 5.41 Å². The van der Waals surface area contributed by atoms with Gasteiger partial charge in [0.1, 0.15) is 5.76 Å². The fourth-order valence-electron chi connectivity index (χ4n) is 2.72. The second kappa shape index (κ2) is 5.71. The molecule has 1 fully saturated rings. The summed E-state index contributed by atoms with van der Waals surface area (Å²) in [5.41, 5.74) is 6.32. The maximum absolute atomic E-state index is 5.79. The highest BCUT2D eigenvalue weighted by Gasteiger charge is 2.46. The van der Waals surface area contributed by atoms with Crippen LogP contribution < -0.4 is 5.73 Å². The third-order valence-corrected chi connectivity index (χ3v) is 4.69. The van der Waals surface area contributed by atoms with Gasteiger partial charge in [0, 0.05) is 23.3 Å². The number of nitrogens with zero attached hydrogens (tertiary/aromatic N) is 1. The van der Waals surface area contributed by atoms with E-state index < -0.39 is 5.79 Å². The molecule has 0 aromatic carbocycles. The molecule has 0 amide bonds. The molecular formula is C16H28N2O3. The molecule has 1 saturated heterocycles. The number of ether oxygens (including phenoxy) is 2. The predicted molar refractivity (Wildman–Crippen MR) is 81.0 cm³/mol. The van der Waals surface area contributed by atoms with Gasteiger partial charge in [-0.15, -0.1) is 0 Å². The summed E-state index contributed by atoms with van der Waals surface area (Å²) in [4.78, 5) is 0. The zero-order valence-corrected chi connectivity index (χ0v) is 13.9. The summed E-state index contributed by atoms with van der Waals surface area (Å²) in [5, 5.41) is 4.23. The molecule has 5 heteroatoms. The van der Waals surface area contributed by atoms with Crippen LogP contribution in [0.3, 0.4) is 0 Å². The van der Waals surface area contributed by atoms with E-state index in [4.69, 9.17) is 19.7 Å². The second-order valence-corrected chi connectivity index (χ2v) is 7.31. The molecule has 1 aliphatic heterocycles. The van der Waals surface area contributed by atoms with Crippen molar-refractivity contribution in [3.63, 3.8) is 0 Å². The van der Waals surface area contributed by atoms with E-state index >= 15 is 0 Å². The van der Waals surface area contributed by atoms with Crippen molar-refractivity contribution in [2.45, 2.75) is 58.7 Å². The first-order chi connectivity index (χ1) is 9.70. The lowest BCUT2D eigenvalue weighted by Crippen LogP contribution is -2.44. The maximum atomic E-state index is 5.79. The molecule has 1 aromatic rings. The first-order valence-corrected chi connectivity index (χ1v) is 7.64. The fourth-order valence-corrected chi connectivity index (χ4v) is 2.72. The molecule has 21 heavy (non-hydrogen) atoms. The lowest BCUT2D eigenvalue weighted by Gasteiger charge is -2.38. The summed E-state index contributed by atoms with van der Waals surface area (Å²) < 4.78 is 17.1. The summed E-state index contributed by atoms with van der Waals surface area (Å²) in [6.45, 7) is 12.4. The second-order valence-electron chi connectivity index (χ2n) is 7.31. The van der Waals surface area contributed by atoms with Crippen molar-refractivity contribution in [3.05, 3.63) is 17.5 Å². The van der Waals surface area contributed by atoms with Gasteiger partial charge in [-0.2, -0.15) is 0 Å². The molecule has 0 unspecified atom stereocenters. The van der Waals surface area contributed by atoms with Crippen molar-refractivity contribution in [3.8, 4) is 0 Å². The molecular weight excluding hydrogens is 268 g/mol. The average Bonchev–Trinajstić information content (AvgIpc) is 2.99. The van der Waals surface area contributed by atoms with E-state index in [9.17, 15) is 0 Å². The van der Waals surface area contributed by atoms with Crippen molar-refractivity contribution < 1.29 is 14.0 Å². The molecule has 0 saturated carbocycles. The van der Waals surface area contributed by atoms with Crippen molar-refractivity contribution >= 4 is 0 Å². The van der Waals surface area contributed by atoms with Crippen molar-refractivity contribution in [2.24, 2.45) is 11.1 Å². The van der Waals surface area contributed by atoms with Gasteiger partial charge in [-0.1, -0.05) is 32.9 Å². The van der Waals surface area contributed by atoms with Gasteiger partial charge in [0.2, 0.25) is 0 Å². The number of nitrogens with two attached hydrogens (primary N) is 1. The first-order valence-electron chi connectivity index (χ1n) is 7.64. The first kappa shape index (κ1) is 16.5. The molecule has 1 aromatic heterocycles. The molecule has 0 bridgehead atoms. The minimum Gasteiger partial charge on any atom is -0.361 e. The molecule has 0 spiro atoms. The Kier molecular flexibility index (Phi) is 4.47. The fraction of sp³-hybridized carbons (Fsp3) is 0.812. The van der Waals surface area contributed by atoms with Gasteiger partial charge in [0.05, 0.1) is 18.9 Å². The van der Waals surface area contributed by atoms with Gasteiger partial charge in [0.15, 0.2) is 5.79 Å². The van der Waals surface area contributed by atoms with Crippen LogP contribution in [0.25, 0.3) is 0 Å². The Balaban J connectivity index is 2.12. The van der Waals surface area contributed by atoms with Crippen LogP contribution in [0.5, 0.6) is 0 Å². The largest absolute Gasteiger partial charge is 0.361 e. The highest BCUT2D eigenvalue weighted by Crippen LogP contribution is 2.41. The zero-order chi connectivity index (χ0) is 15.7. The average molecular weight is 296 g/mol. The lowest BCUT2D eigenvalue weighted by atomic mass is 9.79. The molecule has 2 N–H and O–H groups in total. The van der Waals surface area contributed by atoms with Crippen LogP contribution >= 0.6 is 0 Å². The standard InChI is InChI=1S/C16H28N2O3/c1-14(2,6-7-17)13-10-12(18-21-13)11-15(3,4)16(5)19-8-9-20-16/h10H,6-9,11,17H2,1-5H3. The zero-order valence-electron chi connectivity index (χ0n) is 13.9. The maximum Gasteiger partial charge on any atom is 0.171 e. The Morgan fingerprint density at radius 2 is 1.86 bits per heavy atom. The topological polar surface area (TPSA) is 70.5 Å². The Morgan fingerprint density at radius 3 is 2.43 bits per heavy atom. The lowest BCUT2D eigenvalue weighted by molar-refractivity contribution is -0.214. The molecule has 2 heterocycles. The van der Waals surface area contributed by atoms with Crippen molar-refractivity contribution in [1.82, 2.24) is 5.16 Å². The van der Waals surface area contributed by atoms with Crippen LogP contribution in [0.4, 0.5) is 0 Å². The predicted octanol–water partition coefficient (Wildman–Crippen LogP) is 2.63. The quantitative estimate of drug-likeness (QED) is 0.874. The molecule has 0 atom stereocenters. The van der Waals surface area contributed by atoms with Crippen LogP contribution in [-0.4, -0.2) is 30.7 Å². The van der Waals surface area contributed by atoms with Crippen LogP contribution in [0.15, 0.2) is 10.6 Å². The Bertz CT molecular complexity index is 474. The van der Waals surface area contributed by atoms with E-state index in [1.165, 1.54) is 0 Å². The molecule has 120 valence electrons. The summed E-state index contributed by atoms with van der Waals surface area (Å²) >= 11 is 0. The van der Waals surface area contributed by atoms with E-state index in [1.54, 1.807) is 0 Å². The van der Waals surface area contributed by atoms with E-state index in [0.717, 1.165) is 24.3 Å². The highest BCUT2D eigenvalue weighted by molar-refractivity contribution is 5.16. The Labute approximate surface area is 127 Å².